The maximum Gasteiger partial charge on any atom is 0.229 e. The van der Waals surface area contributed by atoms with Crippen molar-refractivity contribution in [2.24, 2.45) is 0 Å². The zero-order valence-electron chi connectivity index (χ0n) is 4.99. The van der Waals surface area contributed by atoms with Crippen LogP contribution >= 0.6 is 0 Å². The van der Waals surface area contributed by atoms with Gasteiger partial charge in [0.25, 0.3) is 0 Å². The summed E-state index contributed by atoms with van der Waals surface area (Å²) in [6, 6.07) is 0. The van der Waals surface area contributed by atoms with E-state index < -0.39 is 0 Å². The van der Waals surface area contributed by atoms with Gasteiger partial charge in [-0.3, -0.25) is 0 Å². The molecule has 0 aromatic heterocycles. The highest BCUT2D eigenvalue weighted by Gasteiger charge is 1.76. The van der Waals surface area contributed by atoms with E-state index in [1.54, 1.807) is 24.7 Å². The van der Waals surface area contributed by atoms with Crippen LogP contribution in [0.2, 0.25) is 0 Å². The summed E-state index contributed by atoms with van der Waals surface area (Å²) in [4.78, 5) is 0. The van der Waals surface area contributed by atoms with Gasteiger partial charge in [0.2, 0.25) is 6.79 Å². The molecule has 1 aliphatic heterocycles. The molecule has 0 aromatic rings. The molecule has 0 N–H and O–H groups in total. The van der Waals surface area contributed by atoms with Gasteiger partial charge in [0.05, 0.1) is 12.5 Å². The Bertz CT molecular complexity index is 129. The highest BCUT2D eigenvalue weighted by Crippen LogP contribution is 1.88. The maximum atomic E-state index is 4.85. The van der Waals surface area contributed by atoms with Crippen molar-refractivity contribution in [2.45, 2.75) is 0 Å². The lowest BCUT2D eigenvalue weighted by atomic mass is 10.5. The van der Waals surface area contributed by atoms with Gasteiger partial charge in [-0.1, -0.05) is 12.2 Å². The quantitative estimate of drug-likeness (QED) is 0.488. The molecule has 1 aliphatic rings. The Hall–Kier alpha value is -1.18. The first-order valence-corrected chi connectivity index (χ1v) is 2.72. The van der Waals surface area contributed by atoms with Gasteiger partial charge < -0.3 is 9.47 Å². The molecule has 0 saturated heterocycles. The molecule has 0 amide bonds. The molecule has 0 radical (unpaired) electrons. The average Bonchev–Trinajstić information content (AvgIpc) is 2.00. The third kappa shape index (κ3) is 2.59. The zero-order chi connectivity index (χ0) is 6.36. The van der Waals surface area contributed by atoms with E-state index >= 15 is 0 Å². The number of rotatable bonds is 0. The topological polar surface area (TPSA) is 18.5 Å². The molecular weight excluding hydrogens is 116 g/mol. The Labute approximate surface area is 54.1 Å². The van der Waals surface area contributed by atoms with Crippen LogP contribution in [0.3, 0.4) is 0 Å². The van der Waals surface area contributed by atoms with Gasteiger partial charge in [0.1, 0.15) is 0 Å². The summed E-state index contributed by atoms with van der Waals surface area (Å²) in [6.45, 7) is 0.286. The normalized spacial score (nSPS) is 27.6. The Kier molecular flexibility index (Phi) is 2.50. The van der Waals surface area contributed by atoms with Crippen LogP contribution in [0.25, 0.3) is 0 Å². The fraction of sp³-hybridized carbons (Fsp3) is 0.143. The molecule has 0 bridgehead atoms. The number of ether oxygens (including phenoxy) is 2. The van der Waals surface area contributed by atoms with Crippen LogP contribution in [0.1, 0.15) is 0 Å². The van der Waals surface area contributed by atoms with Gasteiger partial charge in [0.15, 0.2) is 0 Å². The molecule has 1 rings (SSSR count). The molecule has 2 heteroatoms. The molecule has 0 atom stereocenters. The third-order valence-corrected chi connectivity index (χ3v) is 0.819. The average molecular weight is 124 g/mol. The second-order valence-corrected chi connectivity index (χ2v) is 1.49. The Balaban J connectivity index is 2.45. The lowest BCUT2D eigenvalue weighted by Gasteiger charge is -1.96. The first-order valence-electron chi connectivity index (χ1n) is 2.72. The fourth-order valence-corrected chi connectivity index (χ4v) is 0.448. The standard InChI is InChI=1S/C7H8O2/c1-2-4-6-9-7-8-5-3-1/h1-6H,7H2/b2-1-,5-3-,6-4-. The van der Waals surface area contributed by atoms with Crippen molar-refractivity contribution in [2.75, 3.05) is 6.79 Å². The lowest BCUT2D eigenvalue weighted by Crippen LogP contribution is -1.86. The van der Waals surface area contributed by atoms with Gasteiger partial charge >= 0.3 is 0 Å². The lowest BCUT2D eigenvalue weighted by molar-refractivity contribution is 0.0455. The second-order valence-electron chi connectivity index (χ2n) is 1.49. The smallest absolute Gasteiger partial charge is 0.229 e. The highest BCUT2D eigenvalue weighted by atomic mass is 16.7. The molecular formula is C7H8O2. The second kappa shape index (κ2) is 3.78. The Morgan fingerprint density at radius 1 is 0.778 bits per heavy atom. The van der Waals surface area contributed by atoms with Crippen LogP contribution in [-0.2, 0) is 9.47 Å². The number of hydrogen-bond donors (Lipinski definition) is 0. The minimum Gasteiger partial charge on any atom is -0.465 e. The predicted octanol–water partition coefficient (Wildman–Crippen LogP) is 1.57. The number of allylic oxidation sites excluding steroid dienone is 4. The van der Waals surface area contributed by atoms with E-state index in [0.29, 0.717) is 0 Å². The monoisotopic (exact) mass is 124 g/mol. The van der Waals surface area contributed by atoms with E-state index in [1.165, 1.54) is 0 Å². The van der Waals surface area contributed by atoms with Crippen molar-refractivity contribution in [1.82, 2.24) is 0 Å². The van der Waals surface area contributed by atoms with Crippen molar-refractivity contribution in [3.63, 3.8) is 0 Å². The van der Waals surface area contributed by atoms with E-state index in [1.807, 2.05) is 12.2 Å². The van der Waals surface area contributed by atoms with Crippen molar-refractivity contribution in [3.8, 4) is 0 Å². The van der Waals surface area contributed by atoms with E-state index in [-0.39, 0.29) is 6.79 Å². The summed E-state index contributed by atoms with van der Waals surface area (Å²) in [6.07, 6.45) is 10.5. The zero-order valence-corrected chi connectivity index (χ0v) is 4.99. The van der Waals surface area contributed by atoms with Crippen LogP contribution in [0, 0.1) is 0 Å². The van der Waals surface area contributed by atoms with E-state index in [2.05, 4.69) is 0 Å². The SMILES string of the molecule is C1=C\C=C/OCO\C=C/1. The van der Waals surface area contributed by atoms with Gasteiger partial charge in [-0.05, 0) is 12.2 Å². The molecule has 2 nitrogen and oxygen atoms in total. The Morgan fingerprint density at radius 3 is 1.89 bits per heavy atom. The highest BCUT2D eigenvalue weighted by molar-refractivity contribution is 5.08. The van der Waals surface area contributed by atoms with E-state index in [0.717, 1.165) is 0 Å². The summed E-state index contributed by atoms with van der Waals surface area (Å²) in [5, 5.41) is 0. The molecule has 0 fully saturated rings. The van der Waals surface area contributed by atoms with Crippen LogP contribution < -0.4 is 0 Å². The molecule has 0 unspecified atom stereocenters. The van der Waals surface area contributed by atoms with Crippen molar-refractivity contribution in [3.05, 3.63) is 36.8 Å². The van der Waals surface area contributed by atoms with Crippen molar-refractivity contribution >= 4 is 0 Å². The fourth-order valence-electron chi connectivity index (χ4n) is 0.448. The largest absolute Gasteiger partial charge is 0.465 e. The van der Waals surface area contributed by atoms with Crippen LogP contribution in [0.4, 0.5) is 0 Å². The number of hydrogen-bond acceptors (Lipinski definition) is 2. The van der Waals surface area contributed by atoms with E-state index in [9.17, 15) is 0 Å². The summed E-state index contributed by atoms with van der Waals surface area (Å²) < 4.78 is 9.70. The van der Waals surface area contributed by atoms with Crippen molar-refractivity contribution in [1.29, 1.82) is 0 Å². The van der Waals surface area contributed by atoms with Crippen LogP contribution in [0.15, 0.2) is 36.8 Å². The molecule has 9 heavy (non-hydrogen) atoms. The molecule has 0 aliphatic carbocycles. The molecule has 0 saturated carbocycles. The van der Waals surface area contributed by atoms with Crippen LogP contribution in [0.5, 0.6) is 0 Å². The van der Waals surface area contributed by atoms with E-state index in [4.69, 9.17) is 9.47 Å². The van der Waals surface area contributed by atoms with Gasteiger partial charge in [0, 0.05) is 0 Å². The first kappa shape index (κ1) is 5.95. The molecule has 0 aromatic carbocycles. The molecule has 48 valence electrons. The molecule has 0 spiro atoms. The van der Waals surface area contributed by atoms with Crippen molar-refractivity contribution < 1.29 is 9.47 Å². The molecule has 1 heterocycles. The summed E-state index contributed by atoms with van der Waals surface area (Å²) in [7, 11) is 0. The van der Waals surface area contributed by atoms with Gasteiger partial charge in [-0.15, -0.1) is 0 Å². The van der Waals surface area contributed by atoms with Gasteiger partial charge in [-0.25, -0.2) is 0 Å². The Morgan fingerprint density at radius 2 is 1.33 bits per heavy atom. The van der Waals surface area contributed by atoms with Crippen LogP contribution in [-0.4, -0.2) is 6.79 Å². The minimum absolute atomic E-state index is 0.286. The summed E-state index contributed by atoms with van der Waals surface area (Å²) in [5.74, 6) is 0. The summed E-state index contributed by atoms with van der Waals surface area (Å²) >= 11 is 0. The third-order valence-electron chi connectivity index (χ3n) is 0.819. The van der Waals surface area contributed by atoms with Gasteiger partial charge in [-0.2, -0.15) is 0 Å². The predicted molar refractivity (Wildman–Crippen MR) is 34.5 cm³/mol. The first-order chi connectivity index (χ1) is 4.50. The minimum atomic E-state index is 0.286. The maximum absolute atomic E-state index is 4.85. The summed E-state index contributed by atoms with van der Waals surface area (Å²) in [5.41, 5.74) is 0.